The fourth-order valence-corrected chi connectivity index (χ4v) is 4.50. The minimum absolute atomic E-state index is 0. The van der Waals surface area contributed by atoms with E-state index < -0.39 is 5.41 Å². The van der Waals surface area contributed by atoms with Crippen molar-refractivity contribution in [2.24, 2.45) is 0 Å². The third-order valence-corrected chi connectivity index (χ3v) is 7.02. The van der Waals surface area contributed by atoms with Gasteiger partial charge in [0.2, 0.25) is 0 Å². The minimum Gasteiger partial charge on any atom is -0.510 e. The molecule has 0 spiro atoms. The summed E-state index contributed by atoms with van der Waals surface area (Å²) in [5.74, 6) is 1.23. The summed E-state index contributed by atoms with van der Waals surface area (Å²) in [4.78, 5) is 13.7. The van der Waals surface area contributed by atoms with Gasteiger partial charge in [-0.25, -0.2) is 0 Å². The third-order valence-electron chi connectivity index (χ3n) is 7.02. The Morgan fingerprint density at radius 1 is 0.974 bits per heavy atom. The number of hydrogen-bond acceptors (Lipinski definition) is 5. The molecule has 0 unspecified atom stereocenters. The molecule has 38 heavy (non-hydrogen) atoms. The average Bonchev–Trinajstić information content (AvgIpc) is 3.41. The Balaban J connectivity index is 0.00000336. The summed E-state index contributed by atoms with van der Waals surface area (Å²) in [5, 5.41) is 0. The zero-order valence-electron chi connectivity index (χ0n) is 23.2. The van der Waals surface area contributed by atoms with E-state index in [9.17, 15) is 0 Å². The normalized spacial score (nSPS) is 13.8. The van der Waals surface area contributed by atoms with E-state index in [0.29, 0.717) is 11.5 Å². The first kappa shape index (κ1) is 27.9. The van der Waals surface area contributed by atoms with E-state index in [1.54, 1.807) is 0 Å². The molecule has 0 aliphatic carbocycles. The summed E-state index contributed by atoms with van der Waals surface area (Å²) in [5.41, 5.74) is 6.54. The standard InChI is InChI=1S/C31H34N5O.Pt/c1-21-22(2)36-19-26(37-25-11-9-10-24(17-25)35-15-14-34(8)20-35)18-27(29(36)33-21)31(6,7)28-16-23(12-13-32-28)30(3,4)5;/h9-16,19-20H,1-8H3;/q-3;. The number of benzene rings is 1. The molecular weight excluding hydrogens is 653 g/mol. The molecule has 0 N–H and O–H groups in total. The largest absolute Gasteiger partial charge is 0.510 e. The summed E-state index contributed by atoms with van der Waals surface area (Å²) in [7, 11) is 1.99. The van der Waals surface area contributed by atoms with Crippen LogP contribution in [0, 0.1) is 32.6 Å². The fourth-order valence-electron chi connectivity index (χ4n) is 4.50. The van der Waals surface area contributed by atoms with Crippen LogP contribution in [-0.2, 0) is 31.9 Å². The molecule has 0 saturated heterocycles. The van der Waals surface area contributed by atoms with E-state index in [4.69, 9.17) is 14.7 Å². The molecule has 1 aromatic carbocycles. The number of aromatic nitrogens is 3. The Morgan fingerprint density at radius 2 is 1.74 bits per heavy atom. The maximum Gasteiger partial charge on any atom is 0.0487 e. The topological polar surface area (TPSA) is 45.9 Å². The maximum atomic E-state index is 6.37. The monoisotopic (exact) mass is 687 g/mol. The smallest absolute Gasteiger partial charge is 0.0487 e. The van der Waals surface area contributed by atoms with Gasteiger partial charge in [-0.1, -0.05) is 40.8 Å². The van der Waals surface area contributed by atoms with E-state index in [2.05, 4.69) is 70.2 Å². The molecule has 0 radical (unpaired) electrons. The van der Waals surface area contributed by atoms with E-state index >= 15 is 0 Å². The van der Waals surface area contributed by atoms with Crippen molar-refractivity contribution in [3.05, 3.63) is 102 Å². The number of ether oxygens (including phenoxy) is 1. The van der Waals surface area contributed by atoms with Crippen molar-refractivity contribution >= 4 is 11.3 Å². The second-order valence-electron chi connectivity index (χ2n) is 11.3. The summed E-state index contributed by atoms with van der Waals surface area (Å²) in [6, 6.07) is 17.1. The maximum absolute atomic E-state index is 6.37. The molecule has 5 rings (SSSR count). The molecule has 4 heterocycles. The fraction of sp³-hybridized carbons (Fsp3) is 0.323. The number of anilines is 1. The number of pyridine rings is 2. The molecular formula is C31H34N5OPt-3. The summed E-state index contributed by atoms with van der Waals surface area (Å²) in [6.07, 6.45) is 7.84. The molecule has 0 saturated carbocycles. The van der Waals surface area contributed by atoms with E-state index in [1.165, 1.54) is 5.56 Å². The molecule has 0 amide bonds. The van der Waals surface area contributed by atoms with Gasteiger partial charge >= 0.3 is 0 Å². The quantitative estimate of drug-likeness (QED) is 0.219. The molecule has 0 fully saturated rings. The van der Waals surface area contributed by atoms with Gasteiger partial charge in [-0.2, -0.15) is 12.7 Å². The Kier molecular flexibility index (Phi) is 7.51. The number of fused-ring (bicyclic) bond motifs is 1. The zero-order chi connectivity index (χ0) is 26.5. The number of hydrogen-bond donors (Lipinski definition) is 0. The van der Waals surface area contributed by atoms with E-state index in [1.807, 2.05) is 73.4 Å². The van der Waals surface area contributed by atoms with Gasteiger partial charge in [0.1, 0.15) is 0 Å². The van der Waals surface area contributed by atoms with Crippen LogP contribution in [0.1, 0.15) is 62.8 Å². The van der Waals surface area contributed by atoms with Crippen molar-refractivity contribution in [2.75, 3.05) is 11.9 Å². The first-order valence-electron chi connectivity index (χ1n) is 12.6. The van der Waals surface area contributed by atoms with Gasteiger partial charge in [0, 0.05) is 66.9 Å². The van der Waals surface area contributed by atoms with Gasteiger partial charge in [-0.15, -0.1) is 35.5 Å². The van der Waals surface area contributed by atoms with Crippen LogP contribution < -0.4 is 9.64 Å². The molecule has 202 valence electrons. The van der Waals surface area contributed by atoms with Gasteiger partial charge in [-0.3, -0.25) is 9.97 Å². The van der Waals surface area contributed by atoms with Gasteiger partial charge in [0.15, 0.2) is 0 Å². The molecule has 0 atom stereocenters. The molecule has 4 aromatic rings. The second-order valence-corrected chi connectivity index (χ2v) is 11.3. The molecule has 6 nitrogen and oxygen atoms in total. The molecule has 7 heteroatoms. The van der Waals surface area contributed by atoms with Crippen LogP contribution >= 0.6 is 0 Å². The van der Waals surface area contributed by atoms with Crippen molar-refractivity contribution in [1.29, 1.82) is 0 Å². The van der Waals surface area contributed by atoms with Crippen molar-refractivity contribution < 1.29 is 25.8 Å². The minimum atomic E-state index is -0.461. The average molecular weight is 688 g/mol. The van der Waals surface area contributed by atoms with Crippen LogP contribution in [0.25, 0.3) is 5.65 Å². The predicted octanol–water partition coefficient (Wildman–Crippen LogP) is 6.70. The SMILES string of the molecule is Cc1nc2c(C(C)(C)c3cc(C(C)(C)C)ccn3)[c-]c(Oc3[c-]c(N4C=CN(C)[CH-]4)ccc3)cn2c1C.[Pt]. The number of nitrogens with zero attached hydrogens (tertiary/aromatic N) is 5. The Labute approximate surface area is 240 Å². The molecule has 1 aliphatic heterocycles. The van der Waals surface area contributed by atoms with Crippen LogP contribution in [0.15, 0.2) is 55.1 Å². The summed E-state index contributed by atoms with van der Waals surface area (Å²) < 4.78 is 8.47. The number of imidazole rings is 1. The second kappa shape index (κ2) is 10.2. The van der Waals surface area contributed by atoms with Crippen LogP contribution in [0.5, 0.6) is 11.5 Å². The van der Waals surface area contributed by atoms with Crippen molar-refractivity contribution in [2.45, 2.75) is 59.3 Å². The van der Waals surface area contributed by atoms with Crippen molar-refractivity contribution in [3.63, 3.8) is 0 Å². The van der Waals surface area contributed by atoms with Crippen LogP contribution in [-0.4, -0.2) is 26.3 Å². The van der Waals surface area contributed by atoms with Gasteiger partial charge in [0.25, 0.3) is 0 Å². The number of rotatable bonds is 5. The van der Waals surface area contributed by atoms with Crippen LogP contribution in [0.3, 0.4) is 0 Å². The predicted molar refractivity (Wildman–Crippen MR) is 148 cm³/mol. The summed E-state index contributed by atoms with van der Waals surface area (Å²) in [6.45, 7) is 17.1. The first-order chi connectivity index (χ1) is 17.4. The Hall–Kier alpha value is -3.11. The Bertz CT molecular complexity index is 1500. The van der Waals surface area contributed by atoms with Crippen molar-refractivity contribution in [3.8, 4) is 11.5 Å². The van der Waals surface area contributed by atoms with Crippen molar-refractivity contribution in [1.82, 2.24) is 19.3 Å². The number of aryl methyl sites for hydroxylation is 2. The Morgan fingerprint density at radius 3 is 2.42 bits per heavy atom. The van der Waals surface area contributed by atoms with E-state index in [0.717, 1.165) is 34.0 Å². The van der Waals surface area contributed by atoms with Gasteiger partial charge < -0.3 is 18.9 Å². The molecule has 0 bridgehead atoms. The molecule has 3 aromatic heterocycles. The van der Waals surface area contributed by atoms with Gasteiger partial charge in [-0.05, 0) is 56.4 Å². The van der Waals surface area contributed by atoms with E-state index in [-0.39, 0.29) is 26.5 Å². The first-order valence-corrected chi connectivity index (χ1v) is 12.6. The van der Waals surface area contributed by atoms with Gasteiger partial charge in [0.05, 0.1) is 0 Å². The van der Waals surface area contributed by atoms with Crippen LogP contribution in [0.2, 0.25) is 0 Å². The molecule has 1 aliphatic rings. The third kappa shape index (κ3) is 5.24. The summed E-state index contributed by atoms with van der Waals surface area (Å²) >= 11 is 0. The van der Waals surface area contributed by atoms with Crippen LogP contribution in [0.4, 0.5) is 5.69 Å². The zero-order valence-corrected chi connectivity index (χ0v) is 25.5.